The summed E-state index contributed by atoms with van der Waals surface area (Å²) in [6.45, 7) is 1.91. The molecule has 0 amide bonds. The number of hydrogen-bond acceptors (Lipinski definition) is 1. The van der Waals surface area contributed by atoms with E-state index in [1.807, 2.05) is 13.0 Å². The number of rotatable bonds is 0. The topological polar surface area (TPSA) is 12.4 Å². The maximum absolute atomic E-state index is 3.99. The fraction of sp³-hybridized carbons (Fsp3) is 0.286. The molecule has 0 N–H and O–H groups in total. The van der Waals surface area contributed by atoms with Gasteiger partial charge in [0.25, 0.3) is 0 Å². The lowest BCUT2D eigenvalue weighted by Gasteiger charge is -1.75. The number of allylic oxidation sites excluding steroid dienone is 1. The highest BCUT2D eigenvalue weighted by Gasteiger charge is 1.80. The molecule has 0 saturated carbocycles. The van der Waals surface area contributed by atoms with Crippen molar-refractivity contribution < 1.29 is 0 Å². The van der Waals surface area contributed by atoms with Crippen LogP contribution < -0.4 is 0 Å². The molecule has 1 nitrogen and oxygen atoms in total. The molecule has 0 bridgehead atoms. The summed E-state index contributed by atoms with van der Waals surface area (Å²) in [6, 6.07) is 0. The molecule has 0 aromatic carbocycles. The van der Waals surface area contributed by atoms with Crippen LogP contribution in [0.2, 0.25) is 0 Å². The summed E-state index contributed by atoms with van der Waals surface area (Å²) in [5.74, 6) is 5.81. The van der Waals surface area contributed by atoms with E-state index in [9.17, 15) is 0 Å². The summed E-state index contributed by atoms with van der Waals surface area (Å²) in [4.78, 5) is 3.99. The fourth-order valence-corrected chi connectivity index (χ4v) is 0.487. The SMILES string of the molecule is CC1=NC=CCC#C1. The van der Waals surface area contributed by atoms with Gasteiger partial charge in [-0.3, -0.25) is 4.99 Å². The molecule has 0 fully saturated rings. The Hall–Kier alpha value is -1.03. The minimum atomic E-state index is 0.834. The lowest BCUT2D eigenvalue weighted by molar-refractivity contribution is 1.43. The largest absolute Gasteiger partial charge is 0.253 e. The standard InChI is InChI=1S/C7H7N/c1-7-5-3-2-4-6-8-7/h4,6H,2H2,1H3. The first-order chi connectivity index (χ1) is 3.89. The van der Waals surface area contributed by atoms with Gasteiger partial charge in [-0.2, -0.15) is 0 Å². The monoisotopic (exact) mass is 105 g/mol. The van der Waals surface area contributed by atoms with E-state index >= 15 is 0 Å². The van der Waals surface area contributed by atoms with Gasteiger partial charge in [-0.15, -0.1) is 0 Å². The van der Waals surface area contributed by atoms with Crippen LogP contribution in [0.25, 0.3) is 0 Å². The van der Waals surface area contributed by atoms with Gasteiger partial charge >= 0.3 is 0 Å². The zero-order valence-electron chi connectivity index (χ0n) is 4.81. The van der Waals surface area contributed by atoms with E-state index < -0.39 is 0 Å². The van der Waals surface area contributed by atoms with E-state index in [4.69, 9.17) is 0 Å². The van der Waals surface area contributed by atoms with E-state index in [0.717, 1.165) is 12.1 Å². The van der Waals surface area contributed by atoms with Crippen LogP contribution in [0.3, 0.4) is 0 Å². The van der Waals surface area contributed by atoms with Crippen LogP contribution >= 0.6 is 0 Å². The molecule has 40 valence electrons. The highest BCUT2D eigenvalue weighted by atomic mass is 14.7. The van der Waals surface area contributed by atoms with Crippen LogP contribution in [0.1, 0.15) is 13.3 Å². The number of aliphatic imine (C=N–C) groups is 1. The molecule has 0 unspecified atom stereocenters. The second kappa shape index (κ2) is 2.32. The molecule has 0 saturated heterocycles. The maximum atomic E-state index is 3.99. The van der Waals surface area contributed by atoms with Gasteiger partial charge in [0.15, 0.2) is 0 Å². The van der Waals surface area contributed by atoms with Gasteiger partial charge < -0.3 is 0 Å². The molecule has 0 aromatic heterocycles. The highest BCUT2D eigenvalue weighted by molar-refractivity contribution is 5.98. The molecule has 0 radical (unpaired) electrons. The predicted octanol–water partition coefficient (Wildman–Crippen LogP) is 1.37. The highest BCUT2D eigenvalue weighted by Crippen LogP contribution is 1.87. The second-order valence-corrected chi connectivity index (χ2v) is 1.61. The van der Waals surface area contributed by atoms with Crippen LogP contribution in [0, 0.1) is 11.8 Å². The Morgan fingerprint density at radius 3 is 3.50 bits per heavy atom. The van der Waals surface area contributed by atoms with Gasteiger partial charge in [-0.1, -0.05) is 17.9 Å². The third-order valence-electron chi connectivity index (χ3n) is 0.863. The van der Waals surface area contributed by atoms with Crippen LogP contribution in [0.4, 0.5) is 0 Å². The first-order valence-electron chi connectivity index (χ1n) is 2.58. The molecule has 0 aromatic rings. The predicted molar refractivity (Wildman–Crippen MR) is 34.6 cm³/mol. The lowest BCUT2D eigenvalue weighted by Crippen LogP contribution is -1.79. The molecule has 0 aliphatic carbocycles. The van der Waals surface area contributed by atoms with Crippen molar-refractivity contribution in [3.8, 4) is 11.8 Å². The van der Waals surface area contributed by atoms with Crippen molar-refractivity contribution in [2.45, 2.75) is 13.3 Å². The normalized spacial score (nSPS) is 15.9. The molecule has 8 heavy (non-hydrogen) atoms. The Morgan fingerprint density at radius 2 is 2.62 bits per heavy atom. The summed E-state index contributed by atoms with van der Waals surface area (Å²) < 4.78 is 0. The molecule has 1 heterocycles. The maximum Gasteiger partial charge on any atom is 0.0868 e. The van der Waals surface area contributed by atoms with Gasteiger partial charge in [-0.25, -0.2) is 0 Å². The zero-order valence-corrected chi connectivity index (χ0v) is 4.81. The molecule has 1 aliphatic heterocycles. The van der Waals surface area contributed by atoms with Gasteiger partial charge in [0.05, 0.1) is 5.71 Å². The van der Waals surface area contributed by atoms with Crippen LogP contribution in [-0.4, -0.2) is 5.71 Å². The van der Waals surface area contributed by atoms with E-state index in [1.165, 1.54) is 0 Å². The van der Waals surface area contributed by atoms with Gasteiger partial charge in [-0.05, 0) is 6.92 Å². The minimum absolute atomic E-state index is 0.834. The molecular weight excluding hydrogens is 98.1 g/mol. The van der Waals surface area contributed by atoms with Crippen molar-refractivity contribution in [3.63, 3.8) is 0 Å². The molecular formula is C7H7N. The average molecular weight is 105 g/mol. The smallest absolute Gasteiger partial charge is 0.0868 e. The first kappa shape index (κ1) is 5.11. The molecule has 0 spiro atoms. The molecule has 1 heteroatoms. The Balaban J connectivity index is 2.80. The minimum Gasteiger partial charge on any atom is -0.253 e. The average Bonchev–Trinajstić information content (AvgIpc) is 1.94. The third kappa shape index (κ3) is 1.23. The lowest BCUT2D eigenvalue weighted by atomic mass is 10.4. The van der Waals surface area contributed by atoms with Crippen molar-refractivity contribution in [2.24, 2.45) is 4.99 Å². The quantitative estimate of drug-likeness (QED) is 0.412. The van der Waals surface area contributed by atoms with Crippen molar-refractivity contribution in [1.82, 2.24) is 0 Å². The first-order valence-corrected chi connectivity index (χ1v) is 2.58. The fourth-order valence-electron chi connectivity index (χ4n) is 0.487. The number of nitrogens with zero attached hydrogens (tertiary/aromatic N) is 1. The molecule has 0 atom stereocenters. The molecule has 1 rings (SSSR count). The summed E-state index contributed by atoms with van der Waals surface area (Å²) in [6.07, 6.45) is 4.56. The van der Waals surface area contributed by atoms with Crippen molar-refractivity contribution >= 4 is 5.71 Å². The summed E-state index contributed by atoms with van der Waals surface area (Å²) in [5, 5.41) is 0. The van der Waals surface area contributed by atoms with Crippen molar-refractivity contribution in [1.29, 1.82) is 0 Å². The van der Waals surface area contributed by atoms with E-state index in [-0.39, 0.29) is 0 Å². The van der Waals surface area contributed by atoms with Gasteiger partial charge in [0, 0.05) is 12.6 Å². The Kier molecular flexibility index (Phi) is 1.48. The Labute approximate surface area is 49.1 Å². The number of hydrogen-bond donors (Lipinski definition) is 0. The third-order valence-corrected chi connectivity index (χ3v) is 0.863. The summed E-state index contributed by atoms with van der Waals surface area (Å²) in [5.41, 5.74) is 0.902. The van der Waals surface area contributed by atoms with Gasteiger partial charge in [0.2, 0.25) is 0 Å². The van der Waals surface area contributed by atoms with Crippen molar-refractivity contribution in [2.75, 3.05) is 0 Å². The summed E-state index contributed by atoms with van der Waals surface area (Å²) in [7, 11) is 0. The Bertz CT molecular complexity index is 188. The van der Waals surface area contributed by atoms with E-state index in [1.54, 1.807) is 6.20 Å². The van der Waals surface area contributed by atoms with Crippen LogP contribution in [-0.2, 0) is 0 Å². The van der Waals surface area contributed by atoms with E-state index in [0.29, 0.717) is 0 Å². The van der Waals surface area contributed by atoms with Crippen LogP contribution in [0.5, 0.6) is 0 Å². The van der Waals surface area contributed by atoms with Crippen LogP contribution in [0.15, 0.2) is 17.3 Å². The van der Waals surface area contributed by atoms with Gasteiger partial charge in [0.1, 0.15) is 0 Å². The Morgan fingerprint density at radius 1 is 1.75 bits per heavy atom. The van der Waals surface area contributed by atoms with Crippen molar-refractivity contribution in [3.05, 3.63) is 12.3 Å². The second-order valence-electron chi connectivity index (χ2n) is 1.61. The molecule has 1 aliphatic rings. The van der Waals surface area contributed by atoms with E-state index in [2.05, 4.69) is 16.8 Å². The zero-order chi connectivity index (χ0) is 5.82. The summed E-state index contributed by atoms with van der Waals surface area (Å²) >= 11 is 0.